The Labute approximate surface area is 192 Å². The molecule has 0 unspecified atom stereocenters. The van der Waals surface area contributed by atoms with Gasteiger partial charge in [0, 0.05) is 24.2 Å². The molecule has 0 aliphatic carbocycles. The Morgan fingerprint density at radius 1 is 1.06 bits per heavy atom. The van der Waals surface area contributed by atoms with Crippen LogP contribution in [0.1, 0.15) is 23.7 Å². The van der Waals surface area contributed by atoms with Gasteiger partial charge in [0.1, 0.15) is 0 Å². The molecule has 0 saturated carbocycles. The third kappa shape index (κ3) is 3.59. The second-order valence-corrected chi connectivity index (χ2v) is 7.65. The van der Waals surface area contributed by atoms with Crippen LogP contribution in [-0.2, 0) is 12.6 Å². The lowest BCUT2D eigenvalue weighted by atomic mass is 10.1. The fourth-order valence-corrected chi connectivity index (χ4v) is 4.01. The average molecular weight is 458 g/mol. The Balaban J connectivity index is 1.75. The predicted octanol–water partition coefficient (Wildman–Crippen LogP) is 5.73. The van der Waals surface area contributed by atoms with Crippen molar-refractivity contribution in [3.63, 3.8) is 0 Å². The second-order valence-electron chi connectivity index (χ2n) is 7.65. The molecule has 3 heterocycles. The first kappa shape index (κ1) is 21.4. The van der Waals surface area contributed by atoms with E-state index in [1.54, 1.807) is 65.6 Å². The highest BCUT2D eigenvalue weighted by atomic mass is 19.4. The highest BCUT2D eigenvalue weighted by Crippen LogP contribution is 2.38. The Kier molecular flexibility index (Phi) is 5.13. The summed E-state index contributed by atoms with van der Waals surface area (Å²) < 4.78 is 45.4. The monoisotopic (exact) mass is 458 g/mol. The number of fused-ring (bicyclic) bond motifs is 1. The normalized spacial score (nSPS) is 11.6. The number of benzene rings is 2. The van der Waals surface area contributed by atoms with Crippen molar-refractivity contribution in [2.45, 2.75) is 19.5 Å². The molecule has 5 rings (SSSR count). The molecule has 0 aliphatic heterocycles. The molecule has 2 aromatic carbocycles. The van der Waals surface area contributed by atoms with Crippen LogP contribution < -0.4 is 0 Å². The fraction of sp³-hybridized carbons (Fsp3) is 0.120. The van der Waals surface area contributed by atoms with Gasteiger partial charge in [-0.25, -0.2) is 9.67 Å². The highest BCUT2D eigenvalue weighted by molar-refractivity contribution is 5.92. The van der Waals surface area contributed by atoms with E-state index in [4.69, 9.17) is 0 Å². The van der Waals surface area contributed by atoms with Gasteiger partial charge in [-0.1, -0.05) is 13.0 Å². The Morgan fingerprint density at radius 3 is 2.62 bits per heavy atom. The number of hydrogen-bond donors (Lipinski definition) is 0. The van der Waals surface area contributed by atoms with E-state index in [1.807, 2.05) is 13.0 Å². The highest BCUT2D eigenvalue weighted by Gasteiger charge is 2.38. The van der Waals surface area contributed by atoms with Crippen LogP contribution in [0, 0.1) is 11.3 Å². The summed E-state index contributed by atoms with van der Waals surface area (Å²) in [5.41, 5.74) is 2.64. The lowest BCUT2D eigenvalue weighted by molar-refractivity contribution is -0.140. The van der Waals surface area contributed by atoms with Gasteiger partial charge in [-0.2, -0.15) is 23.5 Å². The van der Waals surface area contributed by atoms with E-state index >= 15 is 0 Å². The van der Waals surface area contributed by atoms with Gasteiger partial charge in [0.05, 0.1) is 45.9 Å². The molecule has 168 valence electrons. The van der Waals surface area contributed by atoms with Gasteiger partial charge in [-0.05, 0) is 54.4 Å². The molecule has 3 aromatic heterocycles. The van der Waals surface area contributed by atoms with E-state index in [2.05, 4.69) is 21.1 Å². The molecule has 9 heteroatoms. The number of imidazole rings is 1. The molecule has 0 atom stereocenters. The average Bonchev–Trinajstić information content (AvgIpc) is 3.49. The van der Waals surface area contributed by atoms with Crippen molar-refractivity contribution in [3.8, 4) is 28.7 Å². The van der Waals surface area contributed by atoms with Crippen molar-refractivity contribution in [2.75, 3.05) is 0 Å². The molecule has 0 fully saturated rings. The minimum absolute atomic E-state index is 0.0310. The van der Waals surface area contributed by atoms with Crippen molar-refractivity contribution in [2.24, 2.45) is 0 Å². The number of rotatable bonds is 4. The Hall–Kier alpha value is -4.45. The van der Waals surface area contributed by atoms with Gasteiger partial charge in [0.2, 0.25) is 0 Å². The number of pyridine rings is 1. The van der Waals surface area contributed by atoms with E-state index in [9.17, 15) is 18.4 Å². The molecule has 0 bridgehead atoms. The largest absolute Gasteiger partial charge is 0.435 e. The second kappa shape index (κ2) is 8.15. The number of halogens is 3. The first-order valence-corrected chi connectivity index (χ1v) is 10.5. The van der Waals surface area contributed by atoms with Gasteiger partial charge in [0.15, 0.2) is 5.69 Å². The van der Waals surface area contributed by atoms with E-state index < -0.39 is 11.9 Å². The van der Waals surface area contributed by atoms with Gasteiger partial charge in [0.25, 0.3) is 0 Å². The summed E-state index contributed by atoms with van der Waals surface area (Å²) in [6, 6.07) is 15.5. The molecular weight excluding hydrogens is 441 g/mol. The van der Waals surface area contributed by atoms with Crippen LogP contribution in [0.5, 0.6) is 0 Å². The number of aromatic nitrogens is 5. The van der Waals surface area contributed by atoms with Crippen LogP contribution in [0.15, 0.2) is 73.4 Å². The molecule has 0 saturated heterocycles. The van der Waals surface area contributed by atoms with E-state index in [0.717, 1.165) is 11.1 Å². The lowest BCUT2D eigenvalue weighted by Gasteiger charge is -2.10. The third-order valence-electron chi connectivity index (χ3n) is 5.59. The molecule has 5 aromatic rings. The van der Waals surface area contributed by atoms with Crippen LogP contribution in [0.2, 0.25) is 0 Å². The van der Waals surface area contributed by atoms with Crippen LogP contribution >= 0.6 is 0 Å². The predicted molar refractivity (Wildman–Crippen MR) is 121 cm³/mol. The summed E-state index contributed by atoms with van der Waals surface area (Å²) >= 11 is 0. The molecular formula is C25H17F3N6. The lowest BCUT2D eigenvalue weighted by Crippen LogP contribution is -2.09. The quantitative estimate of drug-likeness (QED) is 0.345. The minimum atomic E-state index is -4.68. The molecule has 0 N–H and O–H groups in total. The SMILES string of the molecule is CCc1cc(C#N)ccc1-n1nc(C(F)(F)F)c2c(-n3cnc(-c4cccnc4)c3)cccc21. The number of nitriles is 1. The first-order chi connectivity index (χ1) is 16.4. The van der Waals surface area contributed by atoms with E-state index in [1.165, 1.54) is 11.0 Å². The summed E-state index contributed by atoms with van der Waals surface area (Å²) in [7, 11) is 0. The number of alkyl halides is 3. The number of aryl methyl sites for hydroxylation is 1. The van der Waals surface area contributed by atoms with Crippen molar-refractivity contribution < 1.29 is 13.2 Å². The van der Waals surface area contributed by atoms with Crippen molar-refractivity contribution in [3.05, 3.63) is 90.3 Å². The summed E-state index contributed by atoms with van der Waals surface area (Å²) in [6.45, 7) is 1.88. The van der Waals surface area contributed by atoms with Gasteiger partial charge < -0.3 is 4.57 Å². The Morgan fingerprint density at radius 2 is 1.91 bits per heavy atom. The first-order valence-electron chi connectivity index (χ1n) is 10.5. The van der Waals surface area contributed by atoms with E-state index in [0.29, 0.717) is 34.6 Å². The van der Waals surface area contributed by atoms with E-state index in [-0.39, 0.29) is 5.39 Å². The van der Waals surface area contributed by atoms with Crippen molar-refractivity contribution in [1.82, 2.24) is 24.3 Å². The molecule has 0 spiro atoms. The molecule has 0 amide bonds. The summed E-state index contributed by atoms with van der Waals surface area (Å²) in [6.07, 6.45) is 2.29. The standard InChI is InChI=1S/C25H17F3N6/c1-2-17-11-16(12-29)8-9-20(17)34-22-7-3-6-21(23(22)24(32-34)25(26,27)28)33-14-19(31-15-33)18-5-4-10-30-13-18/h3-11,13-15H,2H2,1H3. The summed E-state index contributed by atoms with van der Waals surface area (Å²) in [5, 5.41) is 13.2. The maximum absolute atomic E-state index is 14.2. The Bertz CT molecular complexity index is 1540. The maximum Gasteiger partial charge on any atom is 0.435 e. The topological polar surface area (TPSA) is 72.3 Å². The summed E-state index contributed by atoms with van der Waals surface area (Å²) in [4.78, 5) is 8.43. The number of nitrogens with zero attached hydrogens (tertiary/aromatic N) is 6. The maximum atomic E-state index is 14.2. The molecule has 6 nitrogen and oxygen atoms in total. The van der Waals surface area contributed by atoms with Gasteiger partial charge >= 0.3 is 6.18 Å². The fourth-order valence-electron chi connectivity index (χ4n) is 4.01. The van der Waals surface area contributed by atoms with Crippen molar-refractivity contribution >= 4 is 10.9 Å². The third-order valence-corrected chi connectivity index (χ3v) is 5.59. The number of hydrogen-bond acceptors (Lipinski definition) is 4. The zero-order valence-electron chi connectivity index (χ0n) is 18.0. The van der Waals surface area contributed by atoms with Crippen LogP contribution in [0.3, 0.4) is 0 Å². The molecule has 0 aliphatic rings. The van der Waals surface area contributed by atoms with Gasteiger partial charge in [-0.3, -0.25) is 4.98 Å². The molecule has 0 radical (unpaired) electrons. The smallest absolute Gasteiger partial charge is 0.305 e. The van der Waals surface area contributed by atoms with Crippen molar-refractivity contribution in [1.29, 1.82) is 5.26 Å². The minimum Gasteiger partial charge on any atom is -0.305 e. The zero-order chi connectivity index (χ0) is 23.9. The van der Waals surface area contributed by atoms with Crippen LogP contribution in [0.4, 0.5) is 13.2 Å². The van der Waals surface area contributed by atoms with Crippen LogP contribution in [0.25, 0.3) is 33.5 Å². The molecule has 34 heavy (non-hydrogen) atoms. The zero-order valence-corrected chi connectivity index (χ0v) is 18.0. The van der Waals surface area contributed by atoms with Gasteiger partial charge in [-0.15, -0.1) is 0 Å². The summed E-state index contributed by atoms with van der Waals surface area (Å²) in [5.74, 6) is 0. The van der Waals surface area contributed by atoms with Crippen LogP contribution in [-0.4, -0.2) is 24.3 Å².